The lowest BCUT2D eigenvalue weighted by atomic mass is 9.72. The van der Waals surface area contributed by atoms with Crippen molar-refractivity contribution in [3.05, 3.63) is 36.2 Å². The fraction of sp³-hybridized carbons (Fsp3) is 0.591. The highest BCUT2D eigenvalue weighted by atomic mass is 16.5. The molecule has 28 heavy (non-hydrogen) atoms. The lowest BCUT2D eigenvalue weighted by Gasteiger charge is -2.36. The Balaban J connectivity index is 1.64. The number of carbonyl (C=O) groups is 1. The molecule has 1 aromatic carbocycles. The van der Waals surface area contributed by atoms with E-state index in [0.717, 1.165) is 44.6 Å². The minimum Gasteiger partial charge on any atom is -0.381 e. The molecule has 2 aliphatic heterocycles. The van der Waals surface area contributed by atoms with E-state index in [4.69, 9.17) is 14.2 Å². The van der Waals surface area contributed by atoms with Gasteiger partial charge in [-0.1, -0.05) is 56.3 Å². The summed E-state index contributed by atoms with van der Waals surface area (Å²) in [6.45, 7) is 8.94. The minimum absolute atomic E-state index is 0.0434. The molecule has 1 atom stereocenters. The van der Waals surface area contributed by atoms with Crippen molar-refractivity contribution in [2.24, 2.45) is 10.8 Å². The Morgan fingerprint density at radius 3 is 2.64 bits per heavy atom. The van der Waals surface area contributed by atoms with Crippen LogP contribution in [0.5, 0.6) is 0 Å². The summed E-state index contributed by atoms with van der Waals surface area (Å²) in [7, 11) is 0. The largest absolute Gasteiger partial charge is 0.381 e. The lowest BCUT2D eigenvalue weighted by molar-refractivity contribution is -0.140. The zero-order chi connectivity index (χ0) is 19.8. The number of hydrogen-bond acceptors (Lipinski definition) is 5. The first-order chi connectivity index (χ1) is 13.5. The van der Waals surface area contributed by atoms with Crippen molar-refractivity contribution in [3.63, 3.8) is 0 Å². The van der Waals surface area contributed by atoms with Crippen LogP contribution in [0.15, 0.2) is 34.9 Å². The summed E-state index contributed by atoms with van der Waals surface area (Å²) in [5, 5.41) is 4.22. The highest BCUT2D eigenvalue weighted by molar-refractivity contribution is 5.82. The van der Waals surface area contributed by atoms with Gasteiger partial charge in [0.05, 0.1) is 5.92 Å². The molecule has 0 N–H and O–H groups in total. The smallest absolute Gasteiger partial charge is 0.232 e. The van der Waals surface area contributed by atoms with Crippen LogP contribution in [-0.4, -0.2) is 47.3 Å². The summed E-state index contributed by atoms with van der Waals surface area (Å²) in [4.78, 5) is 19.9. The minimum atomic E-state index is -0.356. The Bertz CT molecular complexity index is 825. The van der Waals surface area contributed by atoms with E-state index >= 15 is 0 Å². The van der Waals surface area contributed by atoms with Gasteiger partial charge in [-0.25, -0.2) is 0 Å². The van der Waals surface area contributed by atoms with Crippen LogP contribution < -0.4 is 0 Å². The number of aromatic nitrogens is 2. The summed E-state index contributed by atoms with van der Waals surface area (Å²) in [5.41, 5.74) is 0.542. The average Bonchev–Trinajstić information content (AvgIpc) is 3.34. The summed E-state index contributed by atoms with van der Waals surface area (Å²) in [6, 6.07) is 9.86. The van der Waals surface area contributed by atoms with Gasteiger partial charge >= 0.3 is 0 Å². The fourth-order valence-electron chi connectivity index (χ4n) is 4.41. The van der Waals surface area contributed by atoms with Crippen LogP contribution in [0, 0.1) is 10.8 Å². The van der Waals surface area contributed by atoms with Gasteiger partial charge in [0.2, 0.25) is 17.6 Å². The molecule has 6 nitrogen and oxygen atoms in total. The third kappa shape index (κ3) is 3.34. The first kappa shape index (κ1) is 19.1. The quantitative estimate of drug-likeness (QED) is 0.801. The van der Waals surface area contributed by atoms with Crippen molar-refractivity contribution < 1.29 is 14.1 Å². The third-order valence-electron chi connectivity index (χ3n) is 6.66. The Kier molecular flexibility index (Phi) is 5.00. The summed E-state index contributed by atoms with van der Waals surface area (Å²) >= 11 is 0. The molecule has 1 aromatic heterocycles. The van der Waals surface area contributed by atoms with Crippen molar-refractivity contribution >= 4 is 5.91 Å². The average molecular weight is 383 g/mol. The predicted octanol–water partition coefficient (Wildman–Crippen LogP) is 3.90. The number of ether oxygens (including phenoxy) is 1. The summed E-state index contributed by atoms with van der Waals surface area (Å²) in [5.74, 6) is 1.52. The zero-order valence-electron chi connectivity index (χ0n) is 17.0. The molecule has 1 spiro atoms. The van der Waals surface area contributed by atoms with E-state index in [9.17, 15) is 4.79 Å². The van der Waals surface area contributed by atoms with Crippen LogP contribution in [0.25, 0.3) is 11.4 Å². The van der Waals surface area contributed by atoms with Crippen molar-refractivity contribution in [2.45, 2.75) is 46.0 Å². The fourth-order valence-corrected chi connectivity index (χ4v) is 4.41. The third-order valence-corrected chi connectivity index (χ3v) is 6.66. The second-order valence-corrected chi connectivity index (χ2v) is 8.77. The molecule has 4 rings (SSSR count). The van der Waals surface area contributed by atoms with Crippen molar-refractivity contribution in [3.8, 4) is 11.4 Å². The van der Waals surface area contributed by atoms with E-state index < -0.39 is 0 Å². The Labute approximate surface area is 166 Å². The molecule has 0 unspecified atom stereocenters. The van der Waals surface area contributed by atoms with E-state index in [2.05, 4.69) is 12.1 Å². The van der Waals surface area contributed by atoms with Gasteiger partial charge in [-0.05, 0) is 19.3 Å². The molecular formula is C22H29N3O3. The number of rotatable bonds is 4. The number of amides is 1. The summed E-state index contributed by atoms with van der Waals surface area (Å²) < 4.78 is 11.4. The van der Waals surface area contributed by atoms with Crippen LogP contribution in [-0.2, 0) is 9.53 Å². The standard InChI is InChI=1S/C22H29N3O3/c1-4-21(2,3)20(26)25-14-17(22(15-25)10-12-27-13-11-22)19-23-18(24-28-19)16-8-6-5-7-9-16/h5-9,17H,4,10-15H2,1-3H3/t17-/m0/s1. The second kappa shape index (κ2) is 7.32. The number of benzene rings is 1. The molecular weight excluding hydrogens is 354 g/mol. The molecule has 150 valence electrons. The van der Waals surface area contributed by atoms with E-state index in [1.54, 1.807) is 0 Å². The first-order valence-electron chi connectivity index (χ1n) is 10.2. The van der Waals surface area contributed by atoms with Crippen LogP contribution >= 0.6 is 0 Å². The van der Waals surface area contributed by atoms with E-state index in [1.165, 1.54) is 0 Å². The van der Waals surface area contributed by atoms with E-state index in [1.807, 2.05) is 49.1 Å². The van der Waals surface area contributed by atoms with Crippen LogP contribution in [0.2, 0.25) is 0 Å². The normalized spacial score (nSPS) is 22.0. The van der Waals surface area contributed by atoms with Gasteiger partial charge in [-0.3, -0.25) is 4.79 Å². The van der Waals surface area contributed by atoms with Crippen molar-refractivity contribution in [2.75, 3.05) is 26.3 Å². The van der Waals surface area contributed by atoms with Crippen molar-refractivity contribution in [1.29, 1.82) is 0 Å². The summed E-state index contributed by atoms with van der Waals surface area (Å²) in [6.07, 6.45) is 2.65. The molecule has 6 heteroatoms. The maximum atomic E-state index is 13.2. The SMILES string of the molecule is CCC(C)(C)C(=O)N1C[C@@H](c2nc(-c3ccccc3)no2)C2(CCOCC2)C1. The number of nitrogens with zero attached hydrogens (tertiary/aromatic N) is 3. The van der Waals surface area contributed by atoms with Gasteiger partial charge in [0.1, 0.15) is 0 Å². The second-order valence-electron chi connectivity index (χ2n) is 8.77. The predicted molar refractivity (Wildman–Crippen MR) is 106 cm³/mol. The zero-order valence-corrected chi connectivity index (χ0v) is 17.0. The molecule has 0 radical (unpaired) electrons. The molecule has 0 saturated carbocycles. The van der Waals surface area contributed by atoms with E-state index in [0.29, 0.717) is 18.3 Å². The number of hydrogen-bond donors (Lipinski definition) is 0. The Hall–Kier alpha value is -2.21. The van der Waals surface area contributed by atoms with Gasteiger partial charge in [0, 0.05) is 42.7 Å². The Morgan fingerprint density at radius 2 is 1.96 bits per heavy atom. The van der Waals surface area contributed by atoms with Gasteiger partial charge in [-0.15, -0.1) is 0 Å². The molecule has 0 bridgehead atoms. The monoisotopic (exact) mass is 383 g/mol. The van der Waals surface area contributed by atoms with Gasteiger partial charge in [0.25, 0.3) is 0 Å². The molecule has 1 amide bonds. The maximum Gasteiger partial charge on any atom is 0.232 e. The molecule has 2 aliphatic rings. The van der Waals surface area contributed by atoms with Crippen LogP contribution in [0.4, 0.5) is 0 Å². The topological polar surface area (TPSA) is 68.5 Å². The van der Waals surface area contributed by atoms with Gasteiger partial charge < -0.3 is 14.2 Å². The molecule has 2 aromatic rings. The first-order valence-corrected chi connectivity index (χ1v) is 10.2. The Morgan fingerprint density at radius 1 is 1.25 bits per heavy atom. The maximum absolute atomic E-state index is 13.2. The highest BCUT2D eigenvalue weighted by Gasteiger charge is 2.52. The molecule has 2 saturated heterocycles. The molecule has 0 aliphatic carbocycles. The van der Waals surface area contributed by atoms with Crippen molar-refractivity contribution in [1.82, 2.24) is 15.0 Å². The highest BCUT2D eigenvalue weighted by Crippen LogP contribution is 2.50. The van der Waals surface area contributed by atoms with E-state index in [-0.39, 0.29) is 22.7 Å². The molecule has 2 fully saturated rings. The number of likely N-dealkylation sites (tertiary alicyclic amines) is 1. The van der Waals surface area contributed by atoms with Crippen LogP contribution in [0.3, 0.4) is 0 Å². The lowest BCUT2D eigenvalue weighted by Crippen LogP contribution is -2.41. The van der Waals surface area contributed by atoms with Crippen LogP contribution in [0.1, 0.15) is 51.8 Å². The molecule has 3 heterocycles. The number of carbonyl (C=O) groups excluding carboxylic acids is 1. The van der Waals surface area contributed by atoms with Gasteiger partial charge in [0.15, 0.2) is 0 Å². The van der Waals surface area contributed by atoms with Gasteiger partial charge in [-0.2, -0.15) is 4.98 Å².